The fraction of sp³-hybridized carbons (Fsp3) is 0.448. The number of piperidine rings is 1. The number of halogens is 1. The Bertz CT molecular complexity index is 1490. The van der Waals surface area contributed by atoms with Gasteiger partial charge in [0.2, 0.25) is 5.91 Å². The number of nitrogens with zero attached hydrogens (tertiary/aromatic N) is 6. The summed E-state index contributed by atoms with van der Waals surface area (Å²) in [6.45, 7) is 5.41. The first-order valence-corrected chi connectivity index (χ1v) is 13.5. The van der Waals surface area contributed by atoms with E-state index in [-0.39, 0.29) is 48.6 Å². The van der Waals surface area contributed by atoms with Crippen LogP contribution in [0.5, 0.6) is 5.75 Å². The fourth-order valence-electron chi connectivity index (χ4n) is 4.76. The molecule has 1 aliphatic carbocycles. The lowest BCUT2D eigenvalue weighted by molar-refractivity contribution is -0.117. The number of alkyl halides is 1. The zero-order valence-electron chi connectivity index (χ0n) is 23.4. The molecule has 0 radical (unpaired) electrons. The number of nitrogens with one attached hydrogen (secondary N) is 1. The number of nitriles is 1. The Morgan fingerprint density at radius 2 is 1.95 bits per heavy atom. The molecule has 2 aromatic heterocycles. The Kier molecular flexibility index (Phi) is 7.62. The third-order valence-electron chi connectivity index (χ3n) is 6.93. The van der Waals surface area contributed by atoms with E-state index in [0.29, 0.717) is 23.6 Å². The number of benzene rings is 1. The number of amides is 2. The first kappa shape index (κ1) is 28.0. The first-order chi connectivity index (χ1) is 19.5. The molecule has 1 saturated carbocycles. The van der Waals surface area contributed by atoms with E-state index in [4.69, 9.17) is 9.47 Å². The second-order valence-electron chi connectivity index (χ2n) is 11.4. The number of carbonyl (C=O) groups is 2. The van der Waals surface area contributed by atoms with Crippen molar-refractivity contribution in [3.05, 3.63) is 54.2 Å². The maximum Gasteiger partial charge on any atom is 0.410 e. The van der Waals surface area contributed by atoms with Crippen LogP contribution in [0.2, 0.25) is 0 Å². The zero-order chi connectivity index (χ0) is 29.3. The van der Waals surface area contributed by atoms with Crippen molar-refractivity contribution in [1.82, 2.24) is 24.6 Å². The maximum absolute atomic E-state index is 15.0. The van der Waals surface area contributed by atoms with Crippen LogP contribution in [0.25, 0.3) is 11.1 Å². The van der Waals surface area contributed by atoms with Gasteiger partial charge in [0.25, 0.3) is 0 Å². The van der Waals surface area contributed by atoms with Gasteiger partial charge >= 0.3 is 6.09 Å². The summed E-state index contributed by atoms with van der Waals surface area (Å²) in [4.78, 5) is 34.9. The molecule has 11 nitrogen and oxygen atoms in total. The van der Waals surface area contributed by atoms with E-state index in [0.717, 1.165) is 5.56 Å². The van der Waals surface area contributed by atoms with Gasteiger partial charge in [-0.25, -0.2) is 19.2 Å². The number of likely N-dealkylation sites (tertiary alicyclic amines) is 1. The van der Waals surface area contributed by atoms with Crippen LogP contribution in [0.1, 0.15) is 50.9 Å². The van der Waals surface area contributed by atoms with Gasteiger partial charge in [0, 0.05) is 38.0 Å². The van der Waals surface area contributed by atoms with Gasteiger partial charge in [-0.05, 0) is 62.6 Å². The predicted octanol–water partition coefficient (Wildman–Crippen LogP) is 4.22. The van der Waals surface area contributed by atoms with Crippen LogP contribution in [0.15, 0.2) is 42.9 Å². The smallest absolute Gasteiger partial charge is 0.410 e. The molecule has 2 unspecified atom stereocenters. The molecule has 2 aliphatic rings. The Labute approximate surface area is 237 Å². The molecule has 1 N–H and O–H groups in total. The van der Waals surface area contributed by atoms with E-state index in [1.165, 1.54) is 4.90 Å². The molecule has 5 rings (SSSR count). The topological polar surface area (TPSA) is 135 Å². The van der Waals surface area contributed by atoms with E-state index < -0.39 is 24.0 Å². The first-order valence-electron chi connectivity index (χ1n) is 13.5. The molecular formula is C29H32FN7O4. The molecule has 0 bridgehead atoms. The van der Waals surface area contributed by atoms with Crippen LogP contribution in [0.4, 0.5) is 15.0 Å². The van der Waals surface area contributed by atoms with Crippen molar-refractivity contribution in [2.24, 2.45) is 13.0 Å². The van der Waals surface area contributed by atoms with Gasteiger partial charge in [-0.15, -0.1) is 0 Å². The number of hydrogen-bond acceptors (Lipinski definition) is 8. The maximum atomic E-state index is 15.0. The van der Waals surface area contributed by atoms with Crippen LogP contribution >= 0.6 is 0 Å². The van der Waals surface area contributed by atoms with E-state index in [2.05, 4.69) is 26.5 Å². The molecule has 214 valence electrons. The third kappa shape index (κ3) is 6.62. The molecule has 3 aromatic rings. The zero-order valence-corrected chi connectivity index (χ0v) is 23.4. The Hall–Kier alpha value is -4.53. The Morgan fingerprint density at radius 3 is 2.63 bits per heavy atom. The number of carbonyl (C=O) groups excluding carboxylic acids is 2. The van der Waals surface area contributed by atoms with Crippen molar-refractivity contribution < 1.29 is 23.5 Å². The second-order valence-corrected chi connectivity index (χ2v) is 11.4. The summed E-state index contributed by atoms with van der Waals surface area (Å²) in [7, 11) is 1.79. The summed E-state index contributed by atoms with van der Waals surface area (Å²) >= 11 is 0. The van der Waals surface area contributed by atoms with Gasteiger partial charge in [0.15, 0.2) is 12.0 Å². The highest BCUT2D eigenvalue weighted by molar-refractivity contribution is 5.94. The molecule has 1 aromatic carbocycles. The average Bonchev–Trinajstić information content (AvgIpc) is 3.62. The minimum Gasteiger partial charge on any atom is -0.486 e. The minimum absolute atomic E-state index is 0.00132. The summed E-state index contributed by atoms with van der Waals surface area (Å²) in [5.74, 6) is 0.960. The number of ether oxygens (including phenoxy) is 2. The van der Waals surface area contributed by atoms with Crippen LogP contribution in [0.3, 0.4) is 0 Å². The summed E-state index contributed by atoms with van der Waals surface area (Å²) < 4.78 is 27.8. The molecule has 1 saturated heterocycles. The van der Waals surface area contributed by atoms with Crippen molar-refractivity contribution in [2.75, 3.05) is 18.4 Å². The van der Waals surface area contributed by atoms with Crippen molar-refractivity contribution >= 4 is 17.8 Å². The van der Waals surface area contributed by atoms with Gasteiger partial charge in [0.1, 0.15) is 35.7 Å². The molecule has 4 atom stereocenters. The van der Waals surface area contributed by atoms with Gasteiger partial charge < -0.3 is 19.7 Å². The standard InChI is InChI=1S/C29H32FN7O4/c1-29(2,3)41-28(39)37-10-8-24(22(30)15-37)40-23-6-5-17(11-19(23)14-31)18-7-9-32-25(12-18)34-27(38)21-13-20(21)26-33-16-36(4)35-26/h5-7,9,11-12,16,20-22,24H,8,10,13,15H2,1-4H3,(H,32,34,38)/t20?,21?,22-,24+/m1/s1. The number of aryl methyl sites for hydroxylation is 1. The van der Waals surface area contributed by atoms with Crippen molar-refractivity contribution in [2.45, 2.75) is 57.4 Å². The lowest BCUT2D eigenvalue weighted by Crippen LogP contribution is -2.50. The van der Waals surface area contributed by atoms with E-state index in [9.17, 15) is 19.2 Å². The predicted molar refractivity (Wildman–Crippen MR) is 147 cm³/mol. The lowest BCUT2D eigenvalue weighted by atomic mass is 10.0. The quantitative estimate of drug-likeness (QED) is 0.473. The SMILES string of the molecule is Cn1cnc(C2CC2C(=O)Nc2cc(-c3ccc(O[C@H]4CCN(C(=O)OC(C)(C)C)C[C@H]4F)c(C#N)c3)ccn2)n1. The number of rotatable bonds is 6. The second kappa shape index (κ2) is 11.2. The fourth-order valence-corrected chi connectivity index (χ4v) is 4.76. The van der Waals surface area contributed by atoms with Gasteiger partial charge in [0.05, 0.1) is 12.1 Å². The normalized spacial score (nSPS) is 22.0. The Balaban J connectivity index is 1.22. The summed E-state index contributed by atoms with van der Waals surface area (Å²) in [6.07, 6.45) is 1.34. The molecule has 2 fully saturated rings. The monoisotopic (exact) mass is 561 g/mol. The molecule has 1 aliphatic heterocycles. The molecule has 12 heteroatoms. The van der Waals surface area contributed by atoms with E-state index >= 15 is 0 Å². The summed E-state index contributed by atoms with van der Waals surface area (Å²) in [5.41, 5.74) is 1.03. The highest BCUT2D eigenvalue weighted by Crippen LogP contribution is 2.46. The lowest BCUT2D eigenvalue weighted by Gasteiger charge is -2.35. The van der Waals surface area contributed by atoms with Crippen LogP contribution in [-0.2, 0) is 16.6 Å². The van der Waals surface area contributed by atoms with Gasteiger partial charge in [-0.3, -0.25) is 9.48 Å². The average molecular weight is 562 g/mol. The highest BCUT2D eigenvalue weighted by Gasteiger charge is 2.46. The number of aromatic nitrogens is 4. The molecule has 3 heterocycles. The van der Waals surface area contributed by atoms with Crippen LogP contribution in [0, 0.1) is 17.2 Å². The molecule has 0 spiro atoms. The number of anilines is 1. The number of pyridine rings is 1. The number of hydrogen-bond donors (Lipinski definition) is 1. The third-order valence-corrected chi connectivity index (χ3v) is 6.93. The van der Waals surface area contributed by atoms with Gasteiger partial charge in [-0.2, -0.15) is 10.4 Å². The van der Waals surface area contributed by atoms with E-state index in [1.54, 1.807) is 75.4 Å². The van der Waals surface area contributed by atoms with Crippen molar-refractivity contribution in [3.63, 3.8) is 0 Å². The van der Waals surface area contributed by atoms with Crippen molar-refractivity contribution in [3.8, 4) is 22.9 Å². The molecule has 2 amide bonds. The molecule has 41 heavy (non-hydrogen) atoms. The summed E-state index contributed by atoms with van der Waals surface area (Å²) in [6, 6.07) is 10.7. The molecular weight excluding hydrogens is 529 g/mol. The minimum atomic E-state index is -1.44. The van der Waals surface area contributed by atoms with Crippen molar-refractivity contribution in [1.29, 1.82) is 5.26 Å². The Morgan fingerprint density at radius 1 is 1.17 bits per heavy atom. The van der Waals surface area contributed by atoms with E-state index in [1.807, 2.05) is 0 Å². The highest BCUT2D eigenvalue weighted by atomic mass is 19.1. The van der Waals surface area contributed by atoms with Crippen LogP contribution < -0.4 is 10.1 Å². The van der Waals surface area contributed by atoms with Crippen LogP contribution in [-0.4, -0.2) is 67.6 Å². The van der Waals surface area contributed by atoms with Gasteiger partial charge in [-0.1, -0.05) is 6.07 Å². The summed E-state index contributed by atoms with van der Waals surface area (Å²) in [5, 5.41) is 16.9. The largest absolute Gasteiger partial charge is 0.486 e.